The third kappa shape index (κ3) is 6.16. The van der Waals surface area contributed by atoms with Crippen LogP contribution in [-0.2, 0) is 19.6 Å². The molecule has 2 amide bonds. The molecule has 2 aromatic rings. The second kappa shape index (κ2) is 10.6. The first-order valence-electron chi connectivity index (χ1n) is 10.7. The lowest BCUT2D eigenvalue weighted by atomic mass is 10.2. The highest BCUT2D eigenvalue weighted by molar-refractivity contribution is 7.92. The second-order valence-electron chi connectivity index (χ2n) is 7.66. The molecule has 1 aliphatic heterocycles. The number of nitrogens with zero attached hydrogens (tertiary/aromatic N) is 3. The molecule has 1 saturated heterocycles. The van der Waals surface area contributed by atoms with E-state index in [1.807, 2.05) is 30.3 Å². The molecule has 0 unspecified atom stereocenters. The number of carbonyl (C=O) groups is 2. The number of benzene rings is 2. The highest BCUT2D eigenvalue weighted by Crippen LogP contribution is 2.27. The first-order valence-corrected chi connectivity index (χ1v) is 12.6. The topological polar surface area (TPSA) is 96.5 Å². The van der Waals surface area contributed by atoms with E-state index in [0.29, 0.717) is 43.4 Å². The van der Waals surface area contributed by atoms with Gasteiger partial charge in [-0.2, -0.15) is 0 Å². The van der Waals surface area contributed by atoms with E-state index in [1.54, 1.807) is 43.0 Å². The predicted octanol–water partition coefficient (Wildman–Crippen LogP) is 2.93. The van der Waals surface area contributed by atoms with Crippen LogP contribution < -0.4 is 9.04 Å². The van der Waals surface area contributed by atoms with Gasteiger partial charge in [-0.3, -0.25) is 9.10 Å². The Kier molecular flexibility index (Phi) is 7.80. The maximum absolute atomic E-state index is 13.1. The number of rotatable bonds is 7. The lowest BCUT2D eigenvalue weighted by Crippen LogP contribution is -2.56. The van der Waals surface area contributed by atoms with Crippen molar-refractivity contribution in [3.8, 4) is 11.5 Å². The highest BCUT2D eigenvalue weighted by atomic mass is 32.2. The zero-order valence-electron chi connectivity index (χ0n) is 19.0. The van der Waals surface area contributed by atoms with E-state index in [0.717, 1.165) is 10.6 Å². The van der Waals surface area contributed by atoms with Crippen molar-refractivity contribution in [2.24, 2.45) is 0 Å². The van der Waals surface area contributed by atoms with Crippen LogP contribution in [-0.4, -0.2) is 75.3 Å². The number of anilines is 1. The van der Waals surface area contributed by atoms with E-state index in [9.17, 15) is 18.0 Å². The van der Waals surface area contributed by atoms with Gasteiger partial charge in [0.25, 0.3) is 0 Å². The van der Waals surface area contributed by atoms with Gasteiger partial charge in [0.15, 0.2) is 0 Å². The third-order valence-electron chi connectivity index (χ3n) is 5.25. The zero-order valence-corrected chi connectivity index (χ0v) is 19.8. The molecule has 0 aliphatic carbocycles. The number of carbonyl (C=O) groups excluding carboxylic acids is 2. The van der Waals surface area contributed by atoms with E-state index >= 15 is 0 Å². The van der Waals surface area contributed by atoms with Crippen LogP contribution in [0.3, 0.4) is 0 Å². The molecule has 10 heteroatoms. The average Bonchev–Trinajstić information content (AvgIpc) is 2.80. The summed E-state index contributed by atoms with van der Waals surface area (Å²) in [4.78, 5) is 28.1. The molecule has 0 N–H and O–H groups in total. The van der Waals surface area contributed by atoms with Gasteiger partial charge in [0.1, 0.15) is 17.5 Å². The van der Waals surface area contributed by atoms with Crippen molar-refractivity contribution < 1.29 is 27.5 Å². The molecule has 0 radical (unpaired) electrons. The number of ether oxygens (including phenoxy) is 2. The summed E-state index contributed by atoms with van der Waals surface area (Å²) in [5, 5.41) is 0. The van der Waals surface area contributed by atoms with E-state index in [1.165, 1.54) is 4.90 Å². The third-order valence-corrected chi connectivity index (χ3v) is 6.50. The zero-order chi connectivity index (χ0) is 24.0. The minimum Gasteiger partial charge on any atom is -0.457 e. The molecule has 0 aromatic heterocycles. The fourth-order valence-corrected chi connectivity index (χ4v) is 4.85. The Morgan fingerprint density at radius 1 is 0.939 bits per heavy atom. The first kappa shape index (κ1) is 24.4. The molecule has 1 aliphatic rings. The van der Waals surface area contributed by atoms with Gasteiger partial charge in [-0.1, -0.05) is 18.2 Å². The lowest BCUT2D eigenvalue weighted by Gasteiger charge is -2.37. The van der Waals surface area contributed by atoms with E-state index in [-0.39, 0.29) is 12.5 Å². The van der Waals surface area contributed by atoms with Crippen LogP contribution in [0.25, 0.3) is 0 Å². The van der Waals surface area contributed by atoms with Crippen LogP contribution in [0, 0.1) is 0 Å². The Labute approximate surface area is 194 Å². The van der Waals surface area contributed by atoms with Gasteiger partial charge in [0.2, 0.25) is 15.9 Å². The van der Waals surface area contributed by atoms with E-state index in [2.05, 4.69) is 0 Å². The quantitative estimate of drug-likeness (QED) is 0.611. The summed E-state index contributed by atoms with van der Waals surface area (Å²) in [5.41, 5.74) is 0.365. The van der Waals surface area contributed by atoms with Crippen LogP contribution in [0.4, 0.5) is 10.5 Å². The normalized spacial score (nSPS) is 15.0. The Morgan fingerprint density at radius 2 is 1.48 bits per heavy atom. The van der Waals surface area contributed by atoms with Crippen molar-refractivity contribution >= 4 is 27.7 Å². The van der Waals surface area contributed by atoms with Crippen LogP contribution in [0.1, 0.15) is 13.8 Å². The number of piperazine rings is 1. The van der Waals surface area contributed by atoms with Crippen LogP contribution in [0.15, 0.2) is 54.6 Å². The average molecular weight is 476 g/mol. The van der Waals surface area contributed by atoms with Gasteiger partial charge in [-0.05, 0) is 50.2 Å². The van der Waals surface area contributed by atoms with Gasteiger partial charge in [0, 0.05) is 26.2 Å². The van der Waals surface area contributed by atoms with Crippen LogP contribution in [0.2, 0.25) is 0 Å². The first-order chi connectivity index (χ1) is 15.7. The predicted molar refractivity (Wildman–Crippen MR) is 125 cm³/mol. The summed E-state index contributed by atoms with van der Waals surface area (Å²) in [6, 6.07) is 14.8. The minimum atomic E-state index is -3.74. The van der Waals surface area contributed by atoms with E-state index < -0.39 is 22.2 Å². The van der Waals surface area contributed by atoms with Gasteiger partial charge in [-0.25, -0.2) is 13.2 Å². The molecule has 1 atom stereocenters. The molecule has 33 heavy (non-hydrogen) atoms. The number of amides is 2. The lowest BCUT2D eigenvalue weighted by molar-refractivity contribution is -0.133. The maximum Gasteiger partial charge on any atom is 0.409 e. The SMILES string of the molecule is CCOC(=O)N1CCN(C(=O)[C@H](C)N(c2ccc(Oc3ccccc3)cc2)S(C)(=O)=O)CC1. The molecule has 1 heterocycles. The van der Waals surface area contributed by atoms with Crippen LogP contribution >= 0.6 is 0 Å². The molecule has 9 nitrogen and oxygen atoms in total. The maximum atomic E-state index is 13.1. The smallest absolute Gasteiger partial charge is 0.409 e. The van der Waals surface area contributed by atoms with Crippen molar-refractivity contribution in [3.63, 3.8) is 0 Å². The number of hydrogen-bond donors (Lipinski definition) is 0. The Bertz CT molecular complexity index is 1050. The summed E-state index contributed by atoms with van der Waals surface area (Å²) < 4.78 is 37.1. The molecular formula is C23H29N3O6S. The summed E-state index contributed by atoms with van der Waals surface area (Å²) >= 11 is 0. The molecule has 1 fully saturated rings. The summed E-state index contributed by atoms with van der Waals surface area (Å²) in [5.74, 6) is 0.886. The van der Waals surface area contributed by atoms with Crippen molar-refractivity contribution in [2.45, 2.75) is 19.9 Å². The second-order valence-corrected chi connectivity index (χ2v) is 9.51. The van der Waals surface area contributed by atoms with Crippen molar-refractivity contribution in [1.82, 2.24) is 9.80 Å². The Morgan fingerprint density at radius 3 is 2.03 bits per heavy atom. The van der Waals surface area contributed by atoms with Crippen molar-refractivity contribution in [2.75, 3.05) is 43.3 Å². The van der Waals surface area contributed by atoms with Gasteiger partial charge in [0.05, 0.1) is 18.6 Å². The molecular weight excluding hydrogens is 446 g/mol. The largest absolute Gasteiger partial charge is 0.457 e. The fourth-order valence-electron chi connectivity index (χ4n) is 3.68. The van der Waals surface area contributed by atoms with E-state index in [4.69, 9.17) is 9.47 Å². The number of sulfonamides is 1. The molecule has 2 aromatic carbocycles. The molecule has 178 valence electrons. The van der Waals surface area contributed by atoms with Crippen molar-refractivity contribution in [3.05, 3.63) is 54.6 Å². The van der Waals surface area contributed by atoms with Gasteiger partial charge >= 0.3 is 6.09 Å². The fraction of sp³-hybridized carbons (Fsp3) is 0.391. The van der Waals surface area contributed by atoms with Crippen LogP contribution in [0.5, 0.6) is 11.5 Å². The Balaban J connectivity index is 1.71. The molecule has 0 spiro atoms. The summed E-state index contributed by atoms with van der Waals surface area (Å²) in [6.45, 7) is 4.87. The standard InChI is InChI=1S/C23H29N3O6S/c1-4-31-23(28)25-16-14-24(15-17-25)22(27)18(2)26(33(3,29)30)19-10-12-21(13-11-19)32-20-8-6-5-7-9-20/h5-13,18H,4,14-17H2,1-3H3/t18-/m0/s1. The summed E-state index contributed by atoms with van der Waals surface area (Å²) in [7, 11) is -3.74. The van der Waals surface area contributed by atoms with Gasteiger partial charge in [-0.15, -0.1) is 0 Å². The number of para-hydroxylation sites is 1. The molecule has 0 saturated carbocycles. The summed E-state index contributed by atoms with van der Waals surface area (Å²) in [6.07, 6.45) is 0.664. The Hall–Kier alpha value is -3.27. The monoisotopic (exact) mass is 475 g/mol. The minimum absolute atomic E-state index is 0.285. The molecule has 0 bridgehead atoms. The van der Waals surface area contributed by atoms with Gasteiger partial charge < -0.3 is 19.3 Å². The van der Waals surface area contributed by atoms with Crippen molar-refractivity contribution in [1.29, 1.82) is 0 Å². The number of hydrogen-bond acceptors (Lipinski definition) is 6. The molecule has 3 rings (SSSR count). The highest BCUT2D eigenvalue weighted by Gasteiger charge is 2.34.